The monoisotopic (exact) mass is 539 g/mol. The Hall–Kier alpha value is -1.22. The molecule has 2 saturated heterocycles. The lowest BCUT2D eigenvalue weighted by Gasteiger charge is -2.45. The highest BCUT2D eigenvalue weighted by Gasteiger charge is 2.54. The third-order valence-electron chi connectivity index (χ3n) is 8.22. The van der Waals surface area contributed by atoms with Crippen LogP contribution in [-0.2, 0) is 28.2 Å². The molecule has 2 heterocycles. The van der Waals surface area contributed by atoms with E-state index in [9.17, 15) is 9.59 Å². The summed E-state index contributed by atoms with van der Waals surface area (Å²) in [5, 5.41) is 0.101. The smallest absolute Gasteiger partial charge is 0.311 e. The topological polar surface area (TPSA) is 97.1 Å². The van der Waals surface area contributed by atoms with E-state index in [-0.39, 0.29) is 41.0 Å². The molecule has 5 atom stereocenters. The highest BCUT2D eigenvalue weighted by Crippen LogP contribution is 2.46. The fourth-order valence-corrected chi connectivity index (χ4v) is 5.78. The summed E-state index contributed by atoms with van der Waals surface area (Å²) in [6.45, 7) is 21.4. The molecule has 0 aromatic rings. The van der Waals surface area contributed by atoms with Gasteiger partial charge in [-0.3, -0.25) is 9.59 Å². The van der Waals surface area contributed by atoms with Crippen molar-refractivity contribution in [3.05, 3.63) is 11.8 Å². The first kappa shape index (κ1) is 32.0. The van der Waals surface area contributed by atoms with E-state index in [0.717, 1.165) is 38.5 Å². The second-order valence-electron chi connectivity index (χ2n) is 13.8. The van der Waals surface area contributed by atoms with Gasteiger partial charge in [0, 0.05) is 12.1 Å². The molecule has 0 unspecified atom stereocenters. The maximum absolute atomic E-state index is 12.1. The van der Waals surface area contributed by atoms with Crippen molar-refractivity contribution < 1.29 is 28.2 Å². The van der Waals surface area contributed by atoms with Gasteiger partial charge in [-0.15, -0.1) is 0 Å². The van der Waals surface area contributed by atoms with Gasteiger partial charge < -0.3 is 24.4 Å². The minimum atomic E-state index is -1.99. The molecule has 214 valence electrons. The van der Waals surface area contributed by atoms with E-state index in [2.05, 4.69) is 40.8 Å². The summed E-state index contributed by atoms with van der Waals surface area (Å²) in [6, 6.07) is 0. The maximum atomic E-state index is 12.1. The second kappa shape index (κ2) is 12.3. The zero-order valence-corrected chi connectivity index (χ0v) is 26.1. The molecular weight excluding hydrogens is 486 g/mol. The number of hydrogen-bond acceptors (Lipinski definition) is 7. The first-order valence-electron chi connectivity index (χ1n) is 14.0. The number of rotatable bonds is 11. The number of esters is 1. The third-order valence-corrected chi connectivity index (χ3v) is 12.7. The molecular formula is C29H53NO6Si. The molecule has 0 amide bonds. The van der Waals surface area contributed by atoms with Crippen molar-refractivity contribution in [1.29, 1.82) is 0 Å². The molecule has 0 saturated carbocycles. The van der Waals surface area contributed by atoms with E-state index in [1.54, 1.807) is 0 Å². The zero-order chi connectivity index (χ0) is 28.2. The Morgan fingerprint density at radius 1 is 1.14 bits per heavy atom. The van der Waals surface area contributed by atoms with Crippen LogP contribution in [0.5, 0.6) is 0 Å². The first-order valence-corrected chi connectivity index (χ1v) is 16.9. The summed E-state index contributed by atoms with van der Waals surface area (Å²) in [5.74, 6) is -0.154. The van der Waals surface area contributed by atoms with Crippen LogP contribution in [0.4, 0.5) is 0 Å². The Bertz CT molecular complexity index is 827. The summed E-state index contributed by atoms with van der Waals surface area (Å²) in [6.07, 6.45) is 6.47. The molecule has 2 aliphatic rings. The fourth-order valence-electron chi connectivity index (χ4n) is 4.75. The van der Waals surface area contributed by atoms with Crippen molar-refractivity contribution in [2.24, 2.45) is 17.1 Å². The Morgan fingerprint density at radius 2 is 1.78 bits per heavy atom. The molecule has 0 aromatic heterocycles. The van der Waals surface area contributed by atoms with E-state index >= 15 is 0 Å². The van der Waals surface area contributed by atoms with Gasteiger partial charge in [0.05, 0.1) is 36.9 Å². The van der Waals surface area contributed by atoms with Crippen LogP contribution in [0.2, 0.25) is 18.1 Å². The molecule has 2 N–H and O–H groups in total. The summed E-state index contributed by atoms with van der Waals surface area (Å²) in [7, 11) is -1.99. The standard InChI is InChI=1S/C29H53NO6Si/c1-20(24(30)17-21(2)31)16-22-13-14-25-29(36-22,19-34-37(9,10)28(6,7)8)18-23(35-25)12-11-15-33-26(32)27(3,4)5/h17,20,22-23,25H,11-16,18-19,30H2,1-10H3/b24-17-/t20-,22-,23+,25+,29-/m1/s1. The van der Waals surface area contributed by atoms with Crippen molar-refractivity contribution in [1.82, 2.24) is 0 Å². The van der Waals surface area contributed by atoms with Gasteiger partial charge in [-0.1, -0.05) is 27.7 Å². The van der Waals surface area contributed by atoms with Crippen LogP contribution >= 0.6 is 0 Å². The van der Waals surface area contributed by atoms with Crippen LogP contribution in [0.3, 0.4) is 0 Å². The van der Waals surface area contributed by atoms with Crippen molar-refractivity contribution >= 4 is 20.1 Å². The van der Waals surface area contributed by atoms with Crippen LogP contribution in [0, 0.1) is 11.3 Å². The number of nitrogens with two attached hydrogens (primary N) is 1. The molecule has 0 bridgehead atoms. The van der Waals surface area contributed by atoms with Gasteiger partial charge in [-0.25, -0.2) is 0 Å². The molecule has 2 aliphatic heterocycles. The largest absolute Gasteiger partial charge is 0.465 e. The highest BCUT2D eigenvalue weighted by molar-refractivity contribution is 6.74. The summed E-state index contributed by atoms with van der Waals surface area (Å²) < 4.78 is 25.6. The van der Waals surface area contributed by atoms with E-state index in [1.807, 2.05) is 20.8 Å². The van der Waals surface area contributed by atoms with E-state index in [1.165, 1.54) is 13.0 Å². The minimum Gasteiger partial charge on any atom is -0.465 e. The average Bonchev–Trinajstić information content (AvgIpc) is 3.11. The number of hydrogen-bond donors (Lipinski definition) is 1. The molecule has 0 aliphatic carbocycles. The van der Waals surface area contributed by atoms with Crippen LogP contribution in [0.25, 0.3) is 0 Å². The second-order valence-corrected chi connectivity index (χ2v) is 18.6. The summed E-state index contributed by atoms with van der Waals surface area (Å²) in [5.41, 5.74) is 5.80. The van der Waals surface area contributed by atoms with Gasteiger partial charge >= 0.3 is 5.97 Å². The lowest BCUT2D eigenvalue weighted by molar-refractivity contribution is -0.183. The molecule has 0 aromatic carbocycles. The van der Waals surface area contributed by atoms with Crippen molar-refractivity contribution in [3.8, 4) is 0 Å². The first-order chi connectivity index (χ1) is 16.9. The molecule has 8 heteroatoms. The molecule has 2 rings (SSSR count). The summed E-state index contributed by atoms with van der Waals surface area (Å²) in [4.78, 5) is 23.6. The molecule has 7 nitrogen and oxygen atoms in total. The zero-order valence-electron chi connectivity index (χ0n) is 25.1. The van der Waals surface area contributed by atoms with Crippen LogP contribution in [0.1, 0.15) is 93.9 Å². The number of carbonyl (C=O) groups is 2. The van der Waals surface area contributed by atoms with E-state index in [0.29, 0.717) is 18.9 Å². The van der Waals surface area contributed by atoms with Gasteiger partial charge in [-0.05, 0) is 89.9 Å². The Morgan fingerprint density at radius 3 is 2.35 bits per heavy atom. The number of ether oxygens (including phenoxy) is 3. The van der Waals surface area contributed by atoms with Crippen LogP contribution < -0.4 is 5.73 Å². The van der Waals surface area contributed by atoms with E-state index < -0.39 is 19.3 Å². The third kappa shape index (κ3) is 8.90. The minimum absolute atomic E-state index is 0.0175. The molecule has 2 fully saturated rings. The van der Waals surface area contributed by atoms with Crippen molar-refractivity contribution in [3.63, 3.8) is 0 Å². The highest BCUT2D eigenvalue weighted by atomic mass is 28.4. The van der Waals surface area contributed by atoms with Gasteiger partial charge in [0.15, 0.2) is 14.1 Å². The van der Waals surface area contributed by atoms with E-state index in [4.69, 9.17) is 24.4 Å². The Kier molecular flexibility index (Phi) is 10.6. The number of allylic oxidation sites excluding steroid dienone is 2. The van der Waals surface area contributed by atoms with Gasteiger partial charge in [0.2, 0.25) is 0 Å². The van der Waals surface area contributed by atoms with Gasteiger partial charge in [0.1, 0.15) is 5.60 Å². The number of fused-ring (bicyclic) bond motifs is 1. The predicted octanol–water partition coefficient (Wildman–Crippen LogP) is 5.91. The van der Waals surface area contributed by atoms with Crippen LogP contribution in [0.15, 0.2) is 11.8 Å². The lowest BCUT2D eigenvalue weighted by Crippen LogP contribution is -2.55. The number of ketones is 1. The molecule has 37 heavy (non-hydrogen) atoms. The maximum Gasteiger partial charge on any atom is 0.311 e. The van der Waals surface area contributed by atoms with Gasteiger partial charge in [-0.2, -0.15) is 0 Å². The SMILES string of the molecule is CC(=O)/C=C(\N)[C@H](C)C[C@H]1CC[C@@H]2O[C@@H](CCCOC(=O)C(C)(C)C)C[C@]2(CO[Si](C)(C)C(C)(C)C)O1. The quantitative estimate of drug-likeness (QED) is 0.151. The predicted molar refractivity (Wildman–Crippen MR) is 150 cm³/mol. The Balaban J connectivity index is 2.10. The van der Waals surface area contributed by atoms with Crippen LogP contribution in [-0.4, -0.2) is 57.2 Å². The van der Waals surface area contributed by atoms with Gasteiger partial charge in [0.25, 0.3) is 0 Å². The van der Waals surface area contributed by atoms with Crippen molar-refractivity contribution in [2.75, 3.05) is 13.2 Å². The fraction of sp³-hybridized carbons (Fsp3) is 0.862. The van der Waals surface area contributed by atoms with Crippen molar-refractivity contribution in [2.45, 2.75) is 136 Å². The molecule has 0 radical (unpaired) electrons. The summed E-state index contributed by atoms with van der Waals surface area (Å²) >= 11 is 0. The average molecular weight is 540 g/mol. The Labute approximate surface area is 226 Å². The molecule has 0 spiro atoms. The normalized spacial score (nSPS) is 28.1. The lowest BCUT2D eigenvalue weighted by atomic mass is 9.84. The number of carbonyl (C=O) groups excluding carboxylic acids is 2.